The molecule has 0 atom stereocenters. The number of carboxylic acid groups (broad SMARTS) is 1. The molecule has 1 saturated heterocycles. The minimum absolute atomic E-state index is 0.167. The van der Waals surface area contributed by atoms with Gasteiger partial charge in [0.2, 0.25) is 0 Å². The van der Waals surface area contributed by atoms with Crippen LogP contribution in [0.3, 0.4) is 0 Å². The molecule has 9 nitrogen and oxygen atoms in total. The number of methoxy groups -OCH3 is 1. The summed E-state index contributed by atoms with van der Waals surface area (Å²) in [4.78, 5) is 25.9. The number of benzene rings is 2. The second-order valence-electron chi connectivity index (χ2n) is 8.40. The minimum atomic E-state index is -3.34. The van der Waals surface area contributed by atoms with Crippen LogP contribution in [0.2, 0.25) is 0 Å². The van der Waals surface area contributed by atoms with Gasteiger partial charge in [-0.1, -0.05) is 18.2 Å². The molecule has 2 heterocycles. The molecule has 1 aliphatic rings. The summed E-state index contributed by atoms with van der Waals surface area (Å²) in [5.41, 5.74) is 0.0675. The van der Waals surface area contributed by atoms with E-state index in [0.29, 0.717) is 30.0 Å². The van der Waals surface area contributed by atoms with Gasteiger partial charge in [0.25, 0.3) is 5.56 Å². The van der Waals surface area contributed by atoms with Gasteiger partial charge < -0.3 is 19.5 Å². The lowest BCUT2D eigenvalue weighted by Gasteiger charge is -2.41. The van der Waals surface area contributed by atoms with Crippen LogP contribution in [0.5, 0.6) is 11.5 Å². The molecule has 184 valence electrons. The number of piperidine rings is 1. The molecule has 1 N–H and O–H groups in total. The number of likely N-dealkylation sites (tertiary alicyclic amines) is 1. The van der Waals surface area contributed by atoms with Crippen molar-refractivity contribution in [2.75, 3.05) is 26.5 Å². The zero-order valence-electron chi connectivity index (χ0n) is 19.4. The Hall–Kier alpha value is -3.79. The highest BCUT2D eigenvalue weighted by Crippen LogP contribution is 2.41. The number of hydrogen-bond acceptors (Lipinski definition) is 6. The predicted octanol–water partition coefficient (Wildman–Crippen LogP) is 3.30. The Morgan fingerprint density at radius 3 is 2.26 bits per heavy atom. The molecule has 4 rings (SSSR count). The fourth-order valence-electron chi connectivity index (χ4n) is 4.32. The van der Waals surface area contributed by atoms with Crippen LogP contribution in [-0.2, 0) is 15.4 Å². The van der Waals surface area contributed by atoms with Gasteiger partial charge in [-0.15, -0.1) is 0 Å². The van der Waals surface area contributed by atoms with Crippen molar-refractivity contribution in [3.8, 4) is 17.2 Å². The minimum Gasteiger partial charge on any atom is -0.496 e. The summed E-state index contributed by atoms with van der Waals surface area (Å²) in [5.74, 6) is 0.962. The van der Waals surface area contributed by atoms with Crippen molar-refractivity contribution in [1.29, 1.82) is 0 Å². The van der Waals surface area contributed by atoms with E-state index in [2.05, 4.69) is 0 Å². The topological polar surface area (TPSA) is 115 Å². The van der Waals surface area contributed by atoms with Crippen molar-refractivity contribution < 1.29 is 27.8 Å². The predicted molar refractivity (Wildman–Crippen MR) is 129 cm³/mol. The lowest BCUT2D eigenvalue weighted by atomic mass is 9.83. The lowest BCUT2D eigenvalue weighted by molar-refractivity contribution is -0.000595. The van der Waals surface area contributed by atoms with Crippen LogP contribution in [0, 0.1) is 0 Å². The van der Waals surface area contributed by atoms with Crippen molar-refractivity contribution in [1.82, 2.24) is 9.47 Å². The van der Waals surface area contributed by atoms with Crippen molar-refractivity contribution in [2.24, 2.45) is 0 Å². The van der Waals surface area contributed by atoms with E-state index in [9.17, 15) is 23.1 Å². The molecule has 1 fully saturated rings. The summed E-state index contributed by atoms with van der Waals surface area (Å²) in [6, 6.07) is 16.5. The quantitative estimate of drug-likeness (QED) is 0.554. The zero-order chi connectivity index (χ0) is 25.2. The monoisotopic (exact) mass is 498 g/mol. The van der Waals surface area contributed by atoms with Gasteiger partial charge in [0, 0.05) is 55.7 Å². The summed E-state index contributed by atoms with van der Waals surface area (Å²) < 4.78 is 36.8. The first-order chi connectivity index (χ1) is 16.6. The number of pyridine rings is 1. The molecular weight excluding hydrogens is 472 g/mol. The third-order valence-corrected chi connectivity index (χ3v) is 7.32. The summed E-state index contributed by atoms with van der Waals surface area (Å²) in [7, 11) is -1.78. The van der Waals surface area contributed by atoms with Crippen molar-refractivity contribution >= 4 is 15.9 Å². The molecule has 1 amide bonds. The van der Waals surface area contributed by atoms with E-state index in [4.69, 9.17) is 9.47 Å². The van der Waals surface area contributed by atoms with E-state index >= 15 is 0 Å². The van der Waals surface area contributed by atoms with Gasteiger partial charge in [-0.05, 0) is 36.4 Å². The second kappa shape index (κ2) is 9.46. The van der Waals surface area contributed by atoms with Crippen LogP contribution < -0.4 is 15.0 Å². The maximum absolute atomic E-state index is 12.9. The normalized spacial score (nSPS) is 15.4. The molecule has 1 aliphatic heterocycles. The Morgan fingerprint density at radius 1 is 1.03 bits per heavy atom. The molecular formula is C25H26N2O7S. The zero-order valence-corrected chi connectivity index (χ0v) is 20.2. The first-order valence-corrected chi connectivity index (χ1v) is 12.9. The van der Waals surface area contributed by atoms with E-state index in [1.807, 2.05) is 24.3 Å². The molecule has 35 heavy (non-hydrogen) atoms. The number of rotatable bonds is 6. The Kier molecular flexibility index (Phi) is 6.58. The van der Waals surface area contributed by atoms with Crippen LogP contribution in [0.25, 0.3) is 5.69 Å². The molecule has 3 aromatic rings. The third-order valence-electron chi connectivity index (χ3n) is 6.19. The summed E-state index contributed by atoms with van der Waals surface area (Å²) in [5, 5.41) is 9.39. The smallest absolute Gasteiger partial charge is 0.407 e. The van der Waals surface area contributed by atoms with Crippen LogP contribution in [0.4, 0.5) is 4.79 Å². The number of sulfone groups is 1. The fraction of sp³-hybridized carbons (Fsp3) is 0.280. The Bertz CT molecular complexity index is 1390. The number of aromatic nitrogens is 1. The highest BCUT2D eigenvalue weighted by molar-refractivity contribution is 7.90. The van der Waals surface area contributed by atoms with E-state index in [1.165, 1.54) is 27.7 Å². The fourth-order valence-corrected chi connectivity index (χ4v) is 4.95. The molecule has 0 saturated carbocycles. The molecule has 0 aliphatic carbocycles. The number of para-hydroxylation sites is 1. The highest BCUT2D eigenvalue weighted by atomic mass is 32.2. The van der Waals surface area contributed by atoms with Crippen molar-refractivity contribution in [3.05, 3.63) is 82.8 Å². The molecule has 10 heteroatoms. The average molecular weight is 499 g/mol. The van der Waals surface area contributed by atoms with Crippen LogP contribution >= 0.6 is 0 Å². The lowest BCUT2D eigenvalue weighted by Crippen LogP contribution is -2.47. The van der Waals surface area contributed by atoms with Gasteiger partial charge in [0.05, 0.1) is 12.0 Å². The maximum atomic E-state index is 12.9. The average Bonchev–Trinajstić information content (AvgIpc) is 2.84. The maximum Gasteiger partial charge on any atom is 0.407 e. The number of amides is 1. The SMILES string of the molecule is COc1ccccc1C1(Oc2ccn(-c3ccc(S(C)(=O)=O)cc3)c(=O)c2)CCN(C(=O)O)CC1. The van der Waals surface area contributed by atoms with E-state index < -0.39 is 21.5 Å². The van der Waals surface area contributed by atoms with Crippen LogP contribution in [0.1, 0.15) is 18.4 Å². The summed E-state index contributed by atoms with van der Waals surface area (Å²) in [6.45, 7) is 0.550. The van der Waals surface area contributed by atoms with Gasteiger partial charge in [-0.3, -0.25) is 9.36 Å². The Labute approximate surface area is 203 Å². The molecule has 1 aromatic heterocycles. The van der Waals surface area contributed by atoms with Crippen LogP contribution in [-0.4, -0.2) is 55.5 Å². The number of hydrogen-bond donors (Lipinski definition) is 1. The molecule has 0 bridgehead atoms. The Morgan fingerprint density at radius 2 is 1.69 bits per heavy atom. The van der Waals surface area contributed by atoms with Crippen molar-refractivity contribution in [3.63, 3.8) is 0 Å². The standard InChI is InChI=1S/C25H26N2O7S/c1-33-22-6-4-3-5-21(22)25(12-15-26(16-13-25)24(29)30)34-19-11-14-27(23(28)17-19)18-7-9-20(10-8-18)35(2,31)32/h3-11,14,17H,12-13,15-16H2,1-2H3,(H,29,30). The van der Waals surface area contributed by atoms with Gasteiger partial charge in [-0.25, -0.2) is 13.2 Å². The van der Waals surface area contributed by atoms with Gasteiger partial charge in [0.15, 0.2) is 9.84 Å². The van der Waals surface area contributed by atoms with Gasteiger partial charge in [-0.2, -0.15) is 0 Å². The largest absolute Gasteiger partial charge is 0.496 e. The first kappa shape index (κ1) is 24.3. The Balaban J connectivity index is 1.67. The molecule has 0 spiro atoms. The van der Waals surface area contributed by atoms with E-state index in [1.54, 1.807) is 31.5 Å². The van der Waals surface area contributed by atoms with Gasteiger partial charge in [0.1, 0.15) is 17.1 Å². The van der Waals surface area contributed by atoms with E-state index in [-0.39, 0.29) is 23.5 Å². The highest BCUT2D eigenvalue weighted by Gasteiger charge is 2.41. The van der Waals surface area contributed by atoms with Crippen molar-refractivity contribution in [2.45, 2.75) is 23.3 Å². The molecule has 0 unspecified atom stereocenters. The number of nitrogens with zero attached hydrogens (tertiary/aromatic N) is 2. The molecule has 0 radical (unpaired) electrons. The summed E-state index contributed by atoms with van der Waals surface area (Å²) in [6.07, 6.45) is 2.47. The van der Waals surface area contributed by atoms with Gasteiger partial charge >= 0.3 is 6.09 Å². The van der Waals surface area contributed by atoms with E-state index in [0.717, 1.165) is 11.8 Å². The second-order valence-corrected chi connectivity index (χ2v) is 10.4. The molecule has 2 aromatic carbocycles. The third kappa shape index (κ3) is 5.02. The number of ether oxygens (including phenoxy) is 2. The number of carbonyl (C=O) groups is 1. The first-order valence-electron chi connectivity index (χ1n) is 11.0. The summed E-state index contributed by atoms with van der Waals surface area (Å²) >= 11 is 0. The van der Waals surface area contributed by atoms with Crippen LogP contribution in [0.15, 0.2) is 76.6 Å².